The van der Waals surface area contributed by atoms with Gasteiger partial charge in [-0.05, 0) is 43.7 Å². The molecule has 0 amide bonds. The lowest BCUT2D eigenvalue weighted by Crippen LogP contribution is -1.97. The summed E-state index contributed by atoms with van der Waals surface area (Å²) in [5.41, 5.74) is 16.3. The van der Waals surface area contributed by atoms with E-state index < -0.39 is 5.82 Å². The molecule has 0 saturated heterocycles. The monoisotopic (exact) mass is 299 g/mol. The highest BCUT2D eigenvalue weighted by Crippen LogP contribution is 2.27. The summed E-state index contributed by atoms with van der Waals surface area (Å²) in [6, 6.07) is 3.92. The van der Waals surface area contributed by atoms with Crippen molar-refractivity contribution in [1.29, 1.82) is 0 Å². The molecule has 0 fully saturated rings. The van der Waals surface area contributed by atoms with Gasteiger partial charge < -0.3 is 16.5 Å². The molecule has 1 heterocycles. The van der Waals surface area contributed by atoms with Crippen LogP contribution in [0.5, 0.6) is 0 Å². The number of aldehydes is 1. The fourth-order valence-electron chi connectivity index (χ4n) is 2.51. The number of allylic oxidation sites excluding steroid dienone is 1. The number of aromatic nitrogens is 1. The van der Waals surface area contributed by atoms with Crippen LogP contribution in [0.15, 0.2) is 24.8 Å². The number of hydrogen-bond acceptors (Lipinski definition) is 3. The van der Waals surface area contributed by atoms with E-state index in [1.165, 1.54) is 18.2 Å². The predicted molar refractivity (Wildman–Crippen MR) is 88.2 cm³/mol. The van der Waals surface area contributed by atoms with E-state index in [0.717, 1.165) is 16.8 Å². The first-order valence-electron chi connectivity index (χ1n) is 6.71. The molecule has 0 radical (unpaired) electrons. The SMILES string of the molecule is C=C(N)c1c(C)[nH]c(/C=C(\C=O)c2cc(F)ccc2N)c1C. The lowest BCUT2D eigenvalue weighted by atomic mass is 10.0. The van der Waals surface area contributed by atoms with Gasteiger partial charge in [0.15, 0.2) is 6.29 Å². The zero-order chi connectivity index (χ0) is 16.4. The molecule has 0 unspecified atom stereocenters. The van der Waals surface area contributed by atoms with E-state index >= 15 is 0 Å². The van der Waals surface area contributed by atoms with Gasteiger partial charge in [-0.15, -0.1) is 0 Å². The summed E-state index contributed by atoms with van der Waals surface area (Å²) in [5.74, 6) is -0.452. The minimum absolute atomic E-state index is 0.288. The third-order valence-corrected chi connectivity index (χ3v) is 3.55. The van der Waals surface area contributed by atoms with E-state index in [9.17, 15) is 9.18 Å². The Morgan fingerprint density at radius 2 is 2.05 bits per heavy atom. The highest BCUT2D eigenvalue weighted by Gasteiger charge is 2.13. The number of nitrogen functional groups attached to an aromatic ring is 1. The van der Waals surface area contributed by atoms with Crippen molar-refractivity contribution in [3.63, 3.8) is 0 Å². The first-order chi connectivity index (χ1) is 10.3. The van der Waals surface area contributed by atoms with Crippen LogP contribution >= 0.6 is 0 Å². The van der Waals surface area contributed by atoms with Crippen LogP contribution in [0.3, 0.4) is 0 Å². The number of nitrogens with one attached hydrogen (secondary N) is 1. The number of anilines is 1. The third kappa shape index (κ3) is 2.79. The number of carbonyl (C=O) groups is 1. The zero-order valence-corrected chi connectivity index (χ0v) is 12.5. The summed E-state index contributed by atoms with van der Waals surface area (Å²) in [4.78, 5) is 14.6. The van der Waals surface area contributed by atoms with Crippen molar-refractivity contribution in [2.75, 3.05) is 5.73 Å². The standard InChI is InChI=1S/C17H18FN3O/c1-9-16(21-11(3)17(9)10(2)19)6-12(8-22)14-7-13(18)4-5-15(14)20/h4-8,21H,2,19-20H2,1,3H3/b12-6+. The smallest absolute Gasteiger partial charge is 0.150 e. The molecule has 2 rings (SSSR count). The van der Waals surface area contributed by atoms with Crippen LogP contribution in [-0.2, 0) is 4.79 Å². The van der Waals surface area contributed by atoms with E-state index in [4.69, 9.17) is 11.5 Å². The van der Waals surface area contributed by atoms with Crippen LogP contribution in [0.25, 0.3) is 17.3 Å². The van der Waals surface area contributed by atoms with Crippen molar-refractivity contribution in [2.24, 2.45) is 5.73 Å². The third-order valence-electron chi connectivity index (χ3n) is 3.55. The molecular formula is C17H18FN3O. The topological polar surface area (TPSA) is 84.9 Å². The second-order valence-corrected chi connectivity index (χ2v) is 5.14. The van der Waals surface area contributed by atoms with Crippen molar-refractivity contribution in [2.45, 2.75) is 13.8 Å². The van der Waals surface area contributed by atoms with Crippen LogP contribution in [0, 0.1) is 19.7 Å². The summed E-state index contributed by atoms with van der Waals surface area (Å²) < 4.78 is 13.4. The molecule has 0 aliphatic carbocycles. The van der Waals surface area contributed by atoms with Gasteiger partial charge >= 0.3 is 0 Å². The summed E-state index contributed by atoms with van der Waals surface area (Å²) in [6.07, 6.45) is 2.28. The van der Waals surface area contributed by atoms with Crippen molar-refractivity contribution in [1.82, 2.24) is 4.98 Å². The Hall–Kier alpha value is -2.82. The number of halogens is 1. The van der Waals surface area contributed by atoms with E-state index in [1.54, 1.807) is 6.08 Å². The first kappa shape index (κ1) is 15.6. The number of carbonyl (C=O) groups excluding carboxylic acids is 1. The average Bonchev–Trinajstić information content (AvgIpc) is 2.73. The Morgan fingerprint density at radius 1 is 1.36 bits per heavy atom. The van der Waals surface area contributed by atoms with Crippen molar-refractivity contribution in [3.05, 3.63) is 58.7 Å². The number of aromatic amines is 1. The highest BCUT2D eigenvalue weighted by atomic mass is 19.1. The van der Waals surface area contributed by atoms with Crippen LogP contribution in [0.1, 0.15) is 28.1 Å². The Bertz CT molecular complexity index is 787. The van der Waals surface area contributed by atoms with Gasteiger partial charge in [0.1, 0.15) is 5.82 Å². The van der Waals surface area contributed by atoms with Gasteiger partial charge in [0.2, 0.25) is 0 Å². The molecule has 0 aliphatic heterocycles. The van der Waals surface area contributed by atoms with E-state index in [1.807, 2.05) is 13.8 Å². The number of aryl methyl sites for hydroxylation is 1. The number of H-pyrrole nitrogens is 1. The summed E-state index contributed by atoms with van der Waals surface area (Å²) in [6.45, 7) is 7.49. The molecule has 5 N–H and O–H groups in total. The van der Waals surface area contributed by atoms with Gasteiger partial charge in [-0.1, -0.05) is 6.58 Å². The molecule has 0 atom stereocenters. The summed E-state index contributed by atoms with van der Waals surface area (Å²) in [7, 11) is 0. The number of hydrogen-bond donors (Lipinski definition) is 3. The molecule has 0 aliphatic rings. The van der Waals surface area contributed by atoms with Crippen LogP contribution in [0.4, 0.5) is 10.1 Å². The minimum atomic E-state index is -0.452. The lowest BCUT2D eigenvalue weighted by molar-refractivity contribution is -0.103. The van der Waals surface area contributed by atoms with Gasteiger partial charge in [0, 0.05) is 39.5 Å². The largest absolute Gasteiger partial charge is 0.399 e. The average molecular weight is 299 g/mol. The van der Waals surface area contributed by atoms with Gasteiger partial charge in [-0.2, -0.15) is 0 Å². The maximum atomic E-state index is 13.4. The number of benzene rings is 1. The quantitative estimate of drug-likeness (QED) is 0.461. The second-order valence-electron chi connectivity index (χ2n) is 5.14. The van der Waals surface area contributed by atoms with Gasteiger partial charge in [0.05, 0.1) is 0 Å². The molecule has 22 heavy (non-hydrogen) atoms. The van der Waals surface area contributed by atoms with Crippen molar-refractivity contribution >= 4 is 29.3 Å². The van der Waals surface area contributed by atoms with Crippen LogP contribution in [0.2, 0.25) is 0 Å². The Labute approximate surface area is 128 Å². The van der Waals surface area contributed by atoms with Crippen molar-refractivity contribution in [3.8, 4) is 0 Å². The molecule has 5 heteroatoms. The Kier molecular flexibility index (Phi) is 4.17. The second kappa shape index (κ2) is 5.89. The number of rotatable bonds is 4. The zero-order valence-electron chi connectivity index (χ0n) is 12.5. The fourth-order valence-corrected chi connectivity index (χ4v) is 2.51. The summed E-state index contributed by atoms with van der Waals surface area (Å²) >= 11 is 0. The lowest BCUT2D eigenvalue weighted by Gasteiger charge is -2.05. The first-order valence-corrected chi connectivity index (χ1v) is 6.71. The van der Waals surface area contributed by atoms with Crippen LogP contribution < -0.4 is 11.5 Å². The van der Waals surface area contributed by atoms with E-state index in [2.05, 4.69) is 11.6 Å². The molecule has 1 aromatic heterocycles. The van der Waals surface area contributed by atoms with E-state index in [0.29, 0.717) is 28.9 Å². The molecule has 0 saturated carbocycles. The molecule has 114 valence electrons. The molecule has 0 spiro atoms. The molecule has 2 aromatic rings. The number of nitrogens with two attached hydrogens (primary N) is 2. The van der Waals surface area contributed by atoms with Gasteiger partial charge in [-0.25, -0.2) is 4.39 Å². The fraction of sp³-hybridized carbons (Fsp3) is 0.118. The van der Waals surface area contributed by atoms with Gasteiger partial charge in [-0.3, -0.25) is 4.79 Å². The molecule has 1 aromatic carbocycles. The maximum Gasteiger partial charge on any atom is 0.150 e. The van der Waals surface area contributed by atoms with E-state index in [-0.39, 0.29) is 5.57 Å². The normalized spacial score (nSPS) is 11.5. The van der Waals surface area contributed by atoms with Crippen molar-refractivity contribution < 1.29 is 9.18 Å². The highest BCUT2D eigenvalue weighted by molar-refractivity contribution is 6.15. The van der Waals surface area contributed by atoms with Gasteiger partial charge in [0.25, 0.3) is 0 Å². The summed E-state index contributed by atoms with van der Waals surface area (Å²) in [5, 5.41) is 0. The molecular weight excluding hydrogens is 281 g/mol. The van der Waals surface area contributed by atoms with Crippen LogP contribution in [-0.4, -0.2) is 11.3 Å². The molecule has 0 bridgehead atoms. The Balaban J connectivity index is 2.59. The Morgan fingerprint density at radius 3 is 2.59 bits per heavy atom. The minimum Gasteiger partial charge on any atom is -0.399 e. The molecule has 4 nitrogen and oxygen atoms in total. The predicted octanol–water partition coefficient (Wildman–Crippen LogP) is 3.02. The maximum absolute atomic E-state index is 13.4.